The zero-order valence-electron chi connectivity index (χ0n) is 11.3. The lowest BCUT2D eigenvalue weighted by atomic mass is 9.94. The Morgan fingerprint density at radius 3 is 2.47 bits per heavy atom. The molecule has 0 bridgehead atoms. The number of sulfonamides is 1. The summed E-state index contributed by atoms with van der Waals surface area (Å²) in [6.07, 6.45) is 1.38. The van der Waals surface area contributed by atoms with E-state index in [1.165, 1.54) is 0 Å². The summed E-state index contributed by atoms with van der Waals surface area (Å²) >= 11 is 0. The number of para-hydroxylation sites is 1. The maximum Gasteiger partial charge on any atom is 0.243 e. The van der Waals surface area contributed by atoms with E-state index in [-0.39, 0.29) is 4.90 Å². The Kier molecular flexibility index (Phi) is 4.13. The van der Waals surface area contributed by atoms with E-state index in [2.05, 4.69) is 10.0 Å². The molecule has 0 unspecified atom stereocenters. The van der Waals surface area contributed by atoms with E-state index in [1.54, 1.807) is 31.3 Å². The minimum atomic E-state index is -3.53. The first-order chi connectivity index (χ1) is 8.97. The summed E-state index contributed by atoms with van der Waals surface area (Å²) in [5.74, 6) is 0. The molecule has 2 N–H and O–H groups in total. The molecule has 0 amide bonds. The van der Waals surface area contributed by atoms with Gasteiger partial charge in [0.15, 0.2) is 0 Å². The van der Waals surface area contributed by atoms with Gasteiger partial charge < -0.3 is 10.1 Å². The van der Waals surface area contributed by atoms with Crippen LogP contribution in [0.5, 0.6) is 0 Å². The van der Waals surface area contributed by atoms with Crippen molar-refractivity contribution in [1.29, 1.82) is 0 Å². The minimum absolute atomic E-state index is 0.283. The van der Waals surface area contributed by atoms with Crippen molar-refractivity contribution in [2.75, 3.05) is 25.6 Å². The molecule has 1 saturated heterocycles. The fourth-order valence-electron chi connectivity index (χ4n) is 2.21. The first-order valence-corrected chi connectivity index (χ1v) is 7.84. The fraction of sp³-hybridized carbons (Fsp3) is 0.538. The Morgan fingerprint density at radius 1 is 1.21 bits per heavy atom. The Labute approximate surface area is 114 Å². The molecule has 19 heavy (non-hydrogen) atoms. The normalized spacial score (nSPS) is 19.1. The van der Waals surface area contributed by atoms with Gasteiger partial charge in [0, 0.05) is 25.8 Å². The van der Waals surface area contributed by atoms with Crippen LogP contribution in [0.4, 0.5) is 5.69 Å². The van der Waals surface area contributed by atoms with Gasteiger partial charge in [-0.15, -0.1) is 0 Å². The number of hydrogen-bond acceptors (Lipinski definition) is 4. The van der Waals surface area contributed by atoms with Crippen molar-refractivity contribution in [1.82, 2.24) is 4.72 Å². The SMILES string of the molecule is CNc1ccccc1S(=O)(=O)NC1(C)CCOCC1. The van der Waals surface area contributed by atoms with Crippen molar-refractivity contribution in [2.45, 2.75) is 30.2 Å². The van der Waals surface area contributed by atoms with Gasteiger partial charge in [0.1, 0.15) is 4.90 Å². The Hall–Kier alpha value is -1.11. The number of hydrogen-bond donors (Lipinski definition) is 2. The molecule has 0 aliphatic carbocycles. The molecule has 0 spiro atoms. The Bertz CT molecular complexity index is 537. The Morgan fingerprint density at radius 2 is 1.84 bits per heavy atom. The van der Waals surface area contributed by atoms with Gasteiger partial charge in [-0.2, -0.15) is 0 Å². The van der Waals surface area contributed by atoms with Crippen LogP contribution in [0.25, 0.3) is 0 Å². The van der Waals surface area contributed by atoms with Crippen LogP contribution in [-0.4, -0.2) is 34.2 Å². The standard InChI is InChI=1S/C13H20N2O3S/c1-13(7-9-18-10-8-13)15-19(16,17)12-6-4-3-5-11(12)14-2/h3-6,14-15H,7-10H2,1-2H3. The van der Waals surface area contributed by atoms with E-state index in [9.17, 15) is 8.42 Å². The highest BCUT2D eigenvalue weighted by Gasteiger charge is 2.33. The van der Waals surface area contributed by atoms with Crippen molar-refractivity contribution in [3.63, 3.8) is 0 Å². The number of benzene rings is 1. The second-order valence-corrected chi connectivity index (χ2v) is 6.68. The van der Waals surface area contributed by atoms with Gasteiger partial charge in [0.05, 0.1) is 5.69 Å². The highest BCUT2D eigenvalue weighted by molar-refractivity contribution is 7.89. The summed E-state index contributed by atoms with van der Waals surface area (Å²) in [5, 5.41) is 2.91. The molecule has 0 radical (unpaired) electrons. The quantitative estimate of drug-likeness (QED) is 0.881. The van der Waals surface area contributed by atoms with Crippen LogP contribution in [0.3, 0.4) is 0 Å². The van der Waals surface area contributed by atoms with Crippen molar-refractivity contribution >= 4 is 15.7 Å². The van der Waals surface area contributed by atoms with Gasteiger partial charge in [0.2, 0.25) is 10.0 Å². The van der Waals surface area contributed by atoms with Gasteiger partial charge in [-0.1, -0.05) is 12.1 Å². The van der Waals surface area contributed by atoms with Gasteiger partial charge >= 0.3 is 0 Å². The van der Waals surface area contributed by atoms with E-state index < -0.39 is 15.6 Å². The summed E-state index contributed by atoms with van der Waals surface area (Å²) in [7, 11) is -1.82. The lowest BCUT2D eigenvalue weighted by Crippen LogP contribution is -2.49. The van der Waals surface area contributed by atoms with Gasteiger partial charge in [0.25, 0.3) is 0 Å². The predicted octanol–water partition coefficient (Wildman–Crippen LogP) is 1.58. The molecule has 0 saturated carbocycles. The predicted molar refractivity (Wildman–Crippen MR) is 74.8 cm³/mol. The maximum atomic E-state index is 12.5. The molecule has 5 nitrogen and oxygen atoms in total. The molecule has 1 fully saturated rings. The first kappa shape index (κ1) is 14.3. The molecule has 2 rings (SSSR count). The molecular formula is C13H20N2O3S. The summed E-state index contributed by atoms with van der Waals surface area (Å²) in [6.45, 7) is 3.11. The summed E-state index contributed by atoms with van der Waals surface area (Å²) < 4.78 is 33.1. The maximum absolute atomic E-state index is 12.5. The molecular weight excluding hydrogens is 264 g/mol. The third-order valence-electron chi connectivity index (χ3n) is 3.42. The van der Waals surface area contributed by atoms with Crippen LogP contribution in [-0.2, 0) is 14.8 Å². The molecule has 1 heterocycles. The van der Waals surface area contributed by atoms with Gasteiger partial charge in [-0.05, 0) is 31.9 Å². The third kappa shape index (κ3) is 3.26. The summed E-state index contributed by atoms with van der Waals surface area (Å²) in [6, 6.07) is 6.89. The van der Waals surface area contributed by atoms with E-state index >= 15 is 0 Å². The van der Waals surface area contributed by atoms with E-state index in [1.807, 2.05) is 6.92 Å². The molecule has 1 aliphatic rings. The third-order valence-corrected chi connectivity index (χ3v) is 5.12. The number of ether oxygens (including phenoxy) is 1. The van der Waals surface area contributed by atoms with Crippen LogP contribution < -0.4 is 10.0 Å². The average molecular weight is 284 g/mol. The highest BCUT2D eigenvalue weighted by Crippen LogP contribution is 2.26. The molecule has 1 aromatic rings. The van der Waals surface area contributed by atoms with E-state index in [0.29, 0.717) is 31.7 Å². The van der Waals surface area contributed by atoms with E-state index in [0.717, 1.165) is 0 Å². The molecule has 1 aromatic carbocycles. The van der Waals surface area contributed by atoms with Crippen molar-refractivity contribution in [3.05, 3.63) is 24.3 Å². The zero-order chi connectivity index (χ0) is 13.9. The van der Waals surface area contributed by atoms with Crippen LogP contribution >= 0.6 is 0 Å². The number of anilines is 1. The summed E-state index contributed by atoms with van der Waals surface area (Å²) in [5.41, 5.74) is 0.170. The van der Waals surface area contributed by atoms with E-state index in [4.69, 9.17) is 4.74 Å². The lowest BCUT2D eigenvalue weighted by molar-refractivity contribution is 0.0537. The number of nitrogens with one attached hydrogen (secondary N) is 2. The first-order valence-electron chi connectivity index (χ1n) is 6.35. The topological polar surface area (TPSA) is 67.4 Å². The van der Waals surface area contributed by atoms with Gasteiger partial charge in [-0.25, -0.2) is 13.1 Å². The van der Waals surface area contributed by atoms with Crippen molar-refractivity contribution in [3.8, 4) is 0 Å². The van der Waals surface area contributed by atoms with Gasteiger partial charge in [-0.3, -0.25) is 0 Å². The van der Waals surface area contributed by atoms with Crippen LogP contribution in [0.2, 0.25) is 0 Å². The van der Waals surface area contributed by atoms with Crippen LogP contribution in [0, 0.1) is 0 Å². The largest absolute Gasteiger partial charge is 0.387 e. The number of rotatable bonds is 4. The van der Waals surface area contributed by atoms with Crippen LogP contribution in [0.15, 0.2) is 29.2 Å². The van der Waals surface area contributed by atoms with Crippen LogP contribution in [0.1, 0.15) is 19.8 Å². The molecule has 0 aromatic heterocycles. The molecule has 6 heteroatoms. The average Bonchev–Trinajstić information content (AvgIpc) is 2.38. The summed E-state index contributed by atoms with van der Waals surface area (Å²) in [4.78, 5) is 0.283. The second kappa shape index (κ2) is 5.48. The highest BCUT2D eigenvalue weighted by atomic mass is 32.2. The lowest BCUT2D eigenvalue weighted by Gasteiger charge is -2.34. The monoisotopic (exact) mass is 284 g/mol. The van der Waals surface area contributed by atoms with Crippen molar-refractivity contribution in [2.24, 2.45) is 0 Å². The molecule has 1 aliphatic heterocycles. The minimum Gasteiger partial charge on any atom is -0.387 e. The van der Waals surface area contributed by atoms with Crippen molar-refractivity contribution < 1.29 is 13.2 Å². The Balaban J connectivity index is 2.27. The fourth-order valence-corrected chi connectivity index (χ4v) is 3.89. The smallest absolute Gasteiger partial charge is 0.243 e. The zero-order valence-corrected chi connectivity index (χ0v) is 12.1. The molecule has 106 valence electrons. The molecule has 0 atom stereocenters. The second-order valence-electron chi connectivity index (χ2n) is 5.02.